The van der Waals surface area contributed by atoms with Gasteiger partial charge in [0.1, 0.15) is 0 Å². The minimum atomic E-state index is -0.214. The number of hydrogen-bond acceptors (Lipinski definition) is 3. The van der Waals surface area contributed by atoms with Crippen LogP contribution >= 0.6 is 24.0 Å². The molecule has 0 radical (unpaired) electrons. The van der Waals surface area contributed by atoms with Gasteiger partial charge in [0.05, 0.1) is 11.2 Å². The van der Waals surface area contributed by atoms with Crippen LogP contribution in [0.25, 0.3) is 0 Å². The topological polar surface area (TPSA) is 54.9 Å². The van der Waals surface area contributed by atoms with Gasteiger partial charge in [0.25, 0.3) is 0 Å². The molecule has 1 rings (SSSR count). The van der Waals surface area contributed by atoms with Crippen LogP contribution in [0.5, 0.6) is 0 Å². The number of nitrogens with one attached hydrogen (secondary N) is 2. The fourth-order valence-electron chi connectivity index (χ4n) is 2.45. The average Bonchev–Trinajstić information content (AvgIpc) is 2.41. The van der Waals surface area contributed by atoms with Gasteiger partial charge < -0.3 is 20.1 Å². The molecule has 0 spiro atoms. The summed E-state index contributed by atoms with van der Waals surface area (Å²) in [5, 5.41) is 6.80. The molecule has 0 aliphatic heterocycles. The fraction of sp³-hybridized carbons (Fsp3) is 0.933. The highest BCUT2D eigenvalue weighted by molar-refractivity contribution is 14.0. The van der Waals surface area contributed by atoms with Gasteiger partial charge in [0, 0.05) is 39.3 Å². The van der Waals surface area contributed by atoms with Crippen molar-refractivity contribution in [2.75, 3.05) is 27.8 Å². The lowest BCUT2D eigenvalue weighted by atomic mass is 9.56. The maximum atomic E-state index is 5.65. The Hall–Kier alpha value is -0.0800. The summed E-state index contributed by atoms with van der Waals surface area (Å²) in [5.41, 5.74) is -0.223. The molecule has 0 aromatic heterocycles. The molecule has 126 valence electrons. The quantitative estimate of drug-likeness (QED) is 0.413. The predicted molar refractivity (Wildman–Crippen MR) is 98.6 cm³/mol. The van der Waals surface area contributed by atoms with E-state index in [1.165, 1.54) is 0 Å². The fourth-order valence-corrected chi connectivity index (χ4v) is 2.45. The van der Waals surface area contributed by atoms with Crippen molar-refractivity contribution in [1.82, 2.24) is 10.6 Å². The van der Waals surface area contributed by atoms with Gasteiger partial charge in [-0.1, -0.05) is 13.8 Å². The summed E-state index contributed by atoms with van der Waals surface area (Å²) in [6.07, 6.45) is 0.977. The van der Waals surface area contributed by atoms with Crippen LogP contribution in [0.1, 0.15) is 41.0 Å². The standard InChI is InChI=1S/C15H31N3O2.HI/c1-13(2,19-7)10-17-12(16-6)18-11-9-15(5,20-8)14(11,3)4;/h11H,9-10H2,1-8H3,(H2,16,17,18);1H. The van der Waals surface area contributed by atoms with Gasteiger partial charge in [-0.25, -0.2) is 0 Å². The molecule has 2 N–H and O–H groups in total. The van der Waals surface area contributed by atoms with Crippen molar-refractivity contribution in [3.05, 3.63) is 0 Å². The van der Waals surface area contributed by atoms with Crippen molar-refractivity contribution in [2.24, 2.45) is 10.4 Å². The highest BCUT2D eigenvalue weighted by atomic mass is 127. The Morgan fingerprint density at radius 3 is 2.24 bits per heavy atom. The number of methoxy groups -OCH3 is 2. The van der Waals surface area contributed by atoms with E-state index >= 15 is 0 Å². The molecule has 2 atom stereocenters. The molecule has 0 aromatic rings. The molecule has 0 bridgehead atoms. The van der Waals surface area contributed by atoms with E-state index in [-0.39, 0.29) is 40.6 Å². The number of ether oxygens (including phenoxy) is 2. The van der Waals surface area contributed by atoms with Crippen molar-refractivity contribution in [2.45, 2.75) is 58.3 Å². The first-order valence-corrected chi connectivity index (χ1v) is 7.19. The number of halogens is 1. The number of rotatable bonds is 5. The van der Waals surface area contributed by atoms with Crippen molar-refractivity contribution >= 4 is 29.9 Å². The Morgan fingerprint density at radius 2 is 1.86 bits per heavy atom. The first-order chi connectivity index (χ1) is 9.12. The van der Waals surface area contributed by atoms with Gasteiger partial charge in [-0.2, -0.15) is 0 Å². The first kappa shape index (κ1) is 20.9. The molecule has 21 heavy (non-hydrogen) atoms. The molecular weight excluding hydrogens is 381 g/mol. The van der Waals surface area contributed by atoms with Crippen molar-refractivity contribution < 1.29 is 9.47 Å². The average molecular weight is 413 g/mol. The zero-order valence-corrected chi connectivity index (χ0v) is 17.0. The van der Waals surface area contributed by atoms with Crippen molar-refractivity contribution in [1.29, 1.82) is 0 Å². The maximum absolute atomic E-state index is 5.65. The lowest BCUT2D eigenvalue weighted by molar-refractivity contribution is -0.176. The SMILES string of the molecule is CN=C(NCC(C)(C)OC)NC1CC(C)(OC)C1(C)C.I. The summed E-state index contributed by atoms with van der Waals surface area (Å²) in [6, 6.07) is 0.351. The number of aliphatic imine (C=N–C) groups is 1. The van der Waals surface area contributed by atoms with E-state index in [0.29, 0.717) is 12.6 Å². The Kier molecular flexibility index (Phi) is 7.43. The number of guanidine groups is 1. The van der Waals surface area contributed by atoms with Crippen molar-refractivity contribution in [3.63, 3.8) is 0 Å². The minimum Gasteiger partial charge on any atom is -0.378 e. The molecule has 2 unspecified atom stereocenters. The van der Waals surface area contributed by atoms with Gasteiger partial charge in [-0.3, -0.25) is 4.99 Å². The third-order valence-electron chi connectivity index (χ3n) is 5.05. The zero-order chi connectivity index (χ0) is 15.6. The largest absolute Gasteiger partial charge is 0.378 e. The van der Waals surface area contributed by atoms with Crippen LogP contribution < -0.4 is 10.6 Å². The summed E-state index contributed by atoms with van der Waals surface area (Å²) in [7, 11) is 5.29. The summed E-state index contributed by atoms with van der Waals surface area (Å²) in [5.74, 6) is 0.811. The van der Waals surface area contributed by atoms with E-state index in [9.17, 15) is 0 Å². The lowest BCUT2D eigenvalue weighted by Gasteiger charge is -2.59. The van der Waals surface area contributed by atoms with Gasteiger partial charge in [-0.05, 0) is 27.2 Å². The third kappa shape index (κ3) is 4.45. The molecule has 0 saturated heterocycles. The molecule has 0 heterocycles. The summed E-state index contributed by atoms with van der Waals surface area (Å²) in [6.45, 7) is 11.4. The van der Waals surface area contributed by atoms with Crippen LogP contribution in [0.15, 0.2) is 4.99 Å². The summed E-state index contributed by atoms with van der Waals surface area (Å²) < 4.78 is 11.0. The van der Waals surface area contributed by atoms with E-state index in [0.717, 1.165) is 12.4 Å². The predicted octanol–water partition coefficient (Wildman–Crippen LogP) is 2.40. The zero-order valence-electron chi connectivity index (χ0n) is 14.7. The molecule has 1 aliphatic rings. The molecule has 5 nitrogen and oxygen atoms in total. The van der Waals surface area contributed by atoms with E-state index in [2.05, 4.69) is 36.4 Å². The maximum Gasteiger partial charge on any atom is 0.191 e. The van der Waals surface area contributed by atoms with Crippen LogP contribution in [0.4, 0.5) is 0 Å². The molecule has 0 aromatic carbocycles. The highest BCUT2D eigenvalue weighted by Crippen LogP contribution is 2.51. The van der Waals surface area contributed by atoms with E-state index < -0.39 is 0 Å². The Morgan fingerprint density at radius 1 is 1.29 bits per heavy atom. The minimum absolute atomic E-state index is 0. The smallest absolute Gasteiger partial charge is 0.191 e. The second-order valence-corrected chi connectivity index (χ2v) is 6.95. The Labute approximate surface area is 146 Å². The van der Waals surface area contributed by atoms with Crippen LogP contribution in [0.3, 0.4) is 0 Å². The van der Waals surface area contributed by atoms with Crippen LogP contribution in [0.2, 0.25) is 0 Å². The lowest BCUT2D eigenvalue weighted by Crippen LogP contribution is -2.69. The Balaban J connectivity index is 0.00000400. The van der Waals surface area contributed by atoms with Crippen LogP contribution in [-0.2, 0) is 9.47 Å². The van der Waals surface area contributed by atoms with E-state index in [4.69, 9.17) is 9.47 Å². The van der Waals surface area contributed by atoms with Crippen molar-refractivity contribution in [3.8, 4) is 0 Å². The van der Waals surface area contributed by atoms with E-state index in [1.807, 2.05) is 13.8 Å². The normalized spacial score (nSPS) is 28.4. The monoisotopic (exact) mass is 413 g/mol. The molecule has 0 amide bonds. The highest BCUT2D eigenvalue weighted by Gasteiger charge is 2.58. The number of hydrogen-bond donors (Lipinski definition) is 2. The summed E-state index contributed by atoms with van der Waals surface area (Å²) >= 11 is 0. The molecular formula is C15H32IN3O2. The molecule has 1 aliphatic carbocycles. The molecule has 1 saturated carbocycles. The second-order valence-electron chi connectivity index (χ2n) is 6.95. The van der Waals surface area contributed by atoms with Gasteiger partial charge in [-0.15, -0.1) is 24.0 Å². The first-order valence-electron chi connectivity index (χ1n) is 7.19. The van der Waals surface area contributed by atoms with E-state index in [1.54, 1.807) is 21.3 Å². The third-order valence-corrected chi connectivity index (χ3v) is 5.05. The van der Waals surface area contributed by atoms with Gasteiger partial charge >= 0.3 is 0 Å². The summed E-state index contributed by atoms with van der Waals surface area (Å²) in [4.78, 5) is 4.28. The second kappa shape index (κ2) is 7.46. The van der Waals surface area contributed by atoms with Gasteiger partial charge in [0.2, 0.25) is 0 Å². The van der Waals surface area contributed by atoms with Crippen LogP contribution in [0, 0.1) is 5.41 Å². The van der Waals surface area contributed by atoms with Crippen LogP contribution in [-0.4, -0.2) is 51.0 Å². The molecule has 1 fully saturated rings. The van der Waals surface area contributed by atoms with Gasteiger partial charge in [0.15, 0.2) is 5.96 Å². The number of nitrogens with zero attached hydrogens (tertiary/aromatic N) is 1. The molecule has 6 heteroatoms. The Bertz CT molecular complexity index is 372.